The van der Waals surface area contributed by atoms with Gasteiger partial charge in [0.15, 0.2) is 12.2 Å². The third-order valence-corrected chi connectivity index (χ3v) is 23.0. The number of carbonyl (C=O) groups excluding carboxylic acids is 8. The van der Waals surface area contributed by atoms with Crippen molar-refractivity contribution in [3.8, 4) is 50.6 Å². The van der Waals surface area contributed by atoms with Crippen LogP contribution < -0.4 is 46.3 Å². The van der Waals surface area contributed by atoms with Crippen LogP contribution in [-0.2, 0) is 81.4 Å². The number of carbonyl (C=O) groups is 9. The highest BCUT2D eigenvalue weighted by Crippen LogP contribution is 2.38. The van der Waals surface area contributed by atoms with E-state index >= 15 is 0 Å². The van der Waals surface area contributed by atoms with Gasteiger partial charge in [0.2, 0.25) is 41.1 Å². The molecule has 2 aliphatic heterocycles. The molecule has 25 heteroatoms. The molecule has 2 fully saturated rings. The number of methoxy groups -OCH3 is 3. The van der Waals surface area contributed by atoms with E-state index in [1.165, 1.54) is 5.48 Å². The van der Waals surface area contributed by atoms with Crippen molar-refractivity contribution in [2.45, 2.75) is 257 Å². The lowest BCUT2D eigenvalue weighted by atomic mass is 9.84. The molecule has 8 aromatic carbocycles. The molecule has 2 saturated heterocycles. The first kappa shape index (κ1) is 107. The number of hydrogen-bond donors (Lipinski definition) is 9. The SMILES string of the molecule is C.C.COc1cccc(-c2ccc(CCC[C@@H](C(=O)N[C@H](C(=O)NC(C)c3ccccc3)C(C)(C)C)C(O)C(=O)NO)cc2C)c1.COc1cccc(-c2ccc(CCC[C@@H](C(=O)N[C@H](C(=O)NC(C)c3ccccc3)C(C)(C)C)C3OC(C)(C)OC3=O)cc2C)c1.COc1cccc(-c2ccc(CCC[C@@H](C(=O)N[C@H](C(=O)O)C(C)(C)C)C3OC(C)(C)OC3=O)cc2C)c1. The number of ether oxygens (including phenoxy) is 7. The van der Waals surface area contributed by atoms with Gasteiger partial charge in [-0.25, -0.2) is 19.9 Å². The number of aliphatic carboxylic acids is 1. The Kier molecular flexibility index (Phi) is 39.3. The van der Waals surface area contributed by atoms with Crippen LogP contribution >= 0.6 is 0 Å². The maximum atomic E-state index is 14.0. The van der Waals surface area contributed by atoms with E-state index in [1.807, 2.05) is 202 Å². The summed E-state index contributed by atoms with van der Waals surface area (Å²) in [7, 11) is 4.93. The van der Waals surface area contributed by atoms with Crippen LogP contribution in [0.15, 0.2) is 188 Å². The molecule has 5 unspecified atom stereocenters. The van der Waals surface area contributed by atoms with Gasteiger partial charge in [0, 0.05) is 27.7 Å². The lowest BCUT2D eigenvalue weighted by molar-refractivity contribution is -0.164. The zero-order chi connectivity index (χ0) is 94.3. The van der Waals surface area contributed by atoms with E-state index in [0.29, 0.717) is 51.4 Å². The first-order valence-corrected chi connectivity index (χ1v) is 43.8. The molecule has 2 aliphatic rings. The molecular formula is C105H140N6O19. The van der Waals surface area contributed by atoms with E-state index in [9.17, 15) is 53.4 Å². The summed E-state index contributed by atoms with van der Waals surface area (Å²) in [6.07, 6.45) is 0.541. The smallest absolute Gasteiger partial charge is 0.338 e. The molecule has 0 spiro atoms. The summed E-state index contributed by atoms with van der Waals surface area (Å²) in [6, 6.07) is 58.1. The van der Waals surface area contributed by atoms with Gasteiger partial charge in [-0.2, -0.15) is 0 Å². The molecule has 704 valence electrons. The Bertz CT molecular complexity index is 5130. The number of amides is 6. The maximum Gasteiger partial charge on any atom is 0.338 e. The molecule has 25 nitrogen and oxygen atoms in total. The standard InChI is InChI=1S/C38H48N2O6.C35H45N3O6.C30H39NO7.2CH4/c1-24-22-26(20-21-30(24)28-17-13-18-29(23-28)44-8)14-12-19-31(32-36(43)46-38(6,7)45-32)34(41)40-33(37(3,4)5)35(42)39-25(2)27-15-10-9-11-16-27;1-22-20-24(18-19-28(22)26-15-11-16-27(21-26)44-6)12-10-17-29(30(39)33(41)38-43)32(40)37-31(35(3,4)5)34(42)36-23(2)25-13-8-7-9-14-25;1-18-16-19(14-15-22(18)20-11-9-12-21(17-20)36-7)10-8-13-23(24-28(35)38-30(5,6)37-24)26(32)31-25(27(33)34)29(2,3)4;;/h9-11,13,15-18,20-23,25,31-33H,12,14,19H2,1-8H3,(H,39,42)(H,40,41);7-9,11,13-16,18-21,23,29-31,39,43H,10,12,17H2,1-6H3,(H,36,42)(H,37,40)(H,38,41);9,11-12,14-17,23-25H,8,10,13H2,1-7H3,(H,31,32)(H,33,34);2*1H4/t25?,31-,32?,33-;23?,29-,30?,31-;23-,24?,25-;;/m111../s1. The van der Waals surface area contributed by atoms with Crippen LogP contribution in [0.2, 0.25) is 0 Å². The summed E-state index contributed by atoms with van der Waals surface area (Å²) in [5, 5.41) is 44.0. The molecule has 0 aliphatic carbocycles. The van der Waals surface area contributed by atoms with Gasteiger partial charge in [-0.1, -0.05) is 229 Å². The van der Waals surface area contributed by atoms with E-state index in [4.69, 9.17) is 38.4 Å². The van der Waals surface area contributed by atoms with Crippen molar-refractivity contribution >= 4 is 53.4 Å². The van der Waals surface area contributed by atoms with Crippen LogP contribution in [0.25, 0.3) is 33.4 Å². The van der Waals surface area contributed by atoms with Crippen molar-refractivity contribution in [1.29, 1.82) is 0 Å². The lowest BCUT2D eigenvalue weighted by Crippen LogP contribution is -2.56. The Labute approximate surface area is 769 Å². The third-order valence-electron chi connectivity index (χ3n) is 23.0. The molecular weight excluding hydrogens is 1650 g/mol. The maximum absolute atomic E-state index is 14.0. The van der Waals surface area contributed by atoms with Crippen LogP contribution in [0.4, 0.5) is 0 Å². The van der Waals surface area contributed by atoms with Crippen LogP contribution in [0.1, 0.15) is 214 Å². The lowest BCUT2D eigenvalue weighted by Gasteiger charge is -2.33. The second kappa shape index (κ2) is 47.7. The van der Waals surface area contributed by atoms with Crippen molar-refractivity contribution in [2.75, 3.05) is 21.3 Å². The highest BCUT2D eigenvalue weighted by molar-refractivity contribution is 5.94. The molecule has 130 heavy (non-hydrogen) atoms. The largest absolute Gasteiger partial charge is 0.497 e. The fraction of sp³-hybridized carbons (Fsp3) is 0.457. The fourth-order valence-electron chi connectivity index (χ4n) is 15.9. The van der Waals surface area contributed by atoms with E-state index < -0.39 is 124 Å². The first-order valence-electron chi connectivity index (χ1n) is 43.8. The van der Waals surface area contributed by atoms with Gasteiger partial charge in [0.05, 0.1) is 51.2 Å². The predicted molar refractivity (Wildman–Crippen MR) is 506 cm³/mol. The number of carboxylic acid groups (broad SMARTS) is 1. The third kappa shape index (κ3) is 30.4. The number of aryl methyl sites for hydroxylation is 6. The molecule has 0 saturated carbocycles. The van der Waals surface area contributed by atoms with Gasteiger partial charge in [-0.15, -0.1) is 0 Å². The number of cyclic esters (lactones) is 2. The van der Waals surface area contributed by atoms with E-state index in [1.54, 1.807) is 69.8 Å². The summed E-state index contributed by atoms with van der Waals surface area (Å²) in [5.74, 6) is -8.49. The summed E-state index contributed by atoms with van der Waals surface area (Å²) >= 11 is 0. The molecule has 0 bridgehead atoms. The summed E-state index contributed by atoms with van der Waals surface area (Å²) < 4.78 is 38.6. The minimum atomic E-state index is -1.80. The van der Waals surface area contributed by atoms with Gasteiger partial charge < -0.3 is 70.0 Å². The normalized spacial score (nSPS) is 16.5. The minimum Gasteiger partial charge on any atom is -0.497 e. The Hall–Kier alpha value is -11.8. The van der Waals surface area contributed by atoms with Crippen molar-refractivity contribution < 1.29 is 91.7 Å². The van der Waals surface area contributed by atoms with Crippen molar-refractivity contribution in [1.82, 2.24) is 32.1 Å². The van der Waals surface area contributed by atoms with E-state index in [0.717, 1.165) is 95.1 Å². The van der Waals surface area contributed by atoms with Crippen molar-refractivity contribution in [3.63, 3.8) is 0 Å². The monoisotopic (exact) mass is 1790 g/mol. The molecule has 10 rings (SSSR count). The number of aliphatic hydroxyl groups is 1. The molecule has 6 amide bonds. The van der Waals surface area contributed by atoms with Crippen molar-refractivity contribution in [3.05, 3.63) is 233 Å². The Morgan fingerprint density at radius 1 is 0.408 bits per heavy atom. The zero-order valence-electron chi connectivity index (χ0n) is 78.0. The average Bonchev–Trinajstić information content (AvgIpc) is 1.66. The van der Waals surface area contributed by atoms with Crippen molar-refractivity contribution in [2.24, 2.45) is 34.0 Å². The summed E-state index contributed by atoms with van der Waals surface area (Å²) in [4.78, 5) is 117. The fourth-order valence-corrected chi connectivity index (χ4v) is 15.9. The Balaban J connectivity index is 0.000000300. The highest BCUT2D eigenvalue weighted by Gasteiger charge is 2.51. The average molecular weight is 1790 g/mol. The van der Waals surface area contributed by atoms with Gasteiger partial charge in [-0.05, 0) is 223 Å². The molecule has 0 radical (unpaired) electrons. The Morgan fingerprint density at radius 3 is 1.01 bits per heavy atom. The minimum absolute atomic E-state index is 0. The quantitative estimate of drug-likeness (QED) is 0.0101. The number of aliphatic hydroxyl groups excluding tert-OH is 1. The second-order valence-electron chi connectivity index (χ2n) is 37.3. The van der Waals surface area contributed by atoms with Crippen LogP contribution in [0, 0.1) is 54.8 Å². The number of benzene rings is 8. The van der Waals surface area contributed by atoms with Gasteiger partial charge in [-0.3, -0.25) is 34.0 Å². The number of hydroxylamine groups is 1. The summed E-state index contributed by atoms with van der Waals surface area (Å²) in [6.45, 7) is 32.9. The topological polar surface area (TPSA) is 351 Å². The van der Waals surface area contributed by atoms with Gasteiger partial charge >= 0.3 is 17.9 Å². The Morgan fingerprint density at radius 2 is 0.723 bits per heavy atom. The highest BCUT2D eigenvalue weighted by atomic mass is 16.8. The first-order chi connectivity index (χ1) is 60.2. The van der Waals surface area contributed by atoms with Crippen LogP contribution in [0.3, 0.4) is 0 Å². The summed E-state index contributed by atoms with van der Waals surface area (Å²) in [5.41, 5.74) is 14.4. The number of carboxylic acids is 1. The van der Waals surface area contributed by atoms with Gasteiger partial charge in [0.25, 0.3) is 5.91 Å². The van der Waals surface area contributed by atoms with Crippen LogP contribution in [-0.4, -0.2) is 138 Å². The molecule has 11 atom stereocenters. The molecule has 8 aromatic rings. The van der Waals surface area contributed by atoms with E-state index in [-0.39, 0.29) is 45.2 Å². The van der Waals surface area contributed by atoms with Gasteiger partial charge in [0.1, 0.15) is 41.5 Å². The molecule has 2 heterocycles. The number of nitrogens with one attached hydrogen (secondary N) is 6. The number of hydrogen-bond acceptors (Lipinski definition) is 18. The number of rotatable bonds is 35. The zero-order valence-corrected chi connectivity index (χ0v) is 78.0. The molecule has 0 aromatic heterocycles. The predicted octanol–water partition coefficient (Wildman–Crippen LogP) is 17.8. The second-order valence-corrected chi connectivity index (χ2v) is 37.3. The number of esters is 2. The van der Waals surface area contributed by atoms with Crippen LogP contribution in [0.5, 0.6) is 17.2 Å². The molecule has 9 N–H and O–H groups in total. The van der Waals surface area contributed by atoms with E-state index in [2.05, 4.69) is 89.0 Å².